The number of hydrogen-bond acceptors (Lipinski definition) is 1. The second-order valence-electron chi connectivity index (χ2n) is 11.8. The van der Waals surface area contributed by atoms with Gasteiger partial charge < -0.3 is 0 Å². The Morgan fingerprint density at radius 1 is 0.422 bits per heavy atom. The van der Waals surface area contributed by atoms with Crippen LogP contribution in [0.3, 0.4) is 0 Å². The van der Waals surface area contributed by atoms with Crippen molar-refractivity contribution in [3.63, 3.8) is 0 Å². The van der Waals surface area contributed by atoms with E-state index in [0.717, 1.165) is 22.4 Å². The van der Waals surface area contributed by atoms with Gasteiger partial charge in [0.25, 0.3) is 0 Å². The Bertz CT molecular complexity index is 2300. The van der Waals surface area contributed by atoms with Crippen LogP contribution < -0.4 is 0 Å². The summed E-state index contributed by atoms with van der Waals surface area (Å²) < 4.78 is 0. The van der Waals surface area contributed by atoms with Crippen LogP contribution in [0.2, 0.25) is 0 Å². The molecule has 0 atom stereocenters. The van der Waals surface area contributed by atoms with Crippen molar-refractivity contribution in [1.82, 2.24) is 4.98 Å². The molecule has 0 fully saturated rings. The second-order valence-corrected chi connectivity index (χ2v) is 11.8. The first-order valence-electron chi connectivity index (χ1n) is 15.2. The summed E-state index contributed by atoms with van der Waals surface area (Å²) in [5.74, 6) is 0. The van der Waals surface area contributed by atoms with Crippen molar-refractivity contribution < 1.29 is 0 Å². The lowest BCUT2D eigenvalue weighted by Crippen LogP contribution is -2.26. The molecule has 9 rings (SSSR count). The third-order valence-electron chi connectivity index (χ3n) is 9.56. The van der Waals surface area contributed by atoms with Crippen LogP contribution >= 0.6 is 0 Å². The molecule has 2 nitrogen and oxygen atoms in total. The van der Waals surface area contributed by atoms with E-state index < -0.39 is 5.41 Å². The Morgan fingerprint density at radius 2 is 0.956 bits per heavy atom. The molecular weight excluding hydrogens is 544 g/mol. The molecule has 0 unspecified atom stereocenters. The Hall–Kier alpha value is -6.04. The van der Waals surface area contributed by atoms with Crippen LogP contribution in [-0.2, 0) is 5.41 Å². The Kier molecular flexibility index (Phi) is 5.51. The highest BCUT2D eigenvalue weighted by atomic mass is 14.7. The van der Waals surface area contributed by atoms with Gasteiger partial charge in [-0.3, -0.25) is 4.98 Å². The number of nitrogens with zero attached hydrogens (tertiary/aromatic N) is 2. The maximum absolute atomic E-state index is 7.45. The number of hydrogen-bond donors (Lipinski definition) is 0. The predicted molar refractivity (Wildman–Crippen MR) is 183 cm³/mol. The molecule has 6 aromatic carbocycles. The van der Waals surface area contributed by atoms with Gasteiger partial charge in [0, 0.05) is 6.20 Å². The molecule has 0 saturated carbocycles. The molecule has 0 amide bonds. The summed E-state index contributed by atoms with van der Waals surface area (Å²) in [6.07, 6.45) is 1.71. The van der Waals surface area contributed by atoms with Gasteiger partial charge in [-0.1, -0.05) is 121 Å². The molecule has 0 radical (unpaired) electrons. The molecule has 2 aliphatic rings. The van der Waals surface area contributed by atoms with Crippen molar-refractivity contribution in [2.45, 2.75) is 5.41 Å². The fourth-order valence-electron chi connectivity index (χ4n) is 7.63. The smallest absolute Gasteiger partial charge is 0.190 e. The van der Waals surface area contributed by atoms with E-state index in [2.05, 4.69) is 149 Å². The zero-order chi connectivity index (χ0) is 30.0. The molecule has 0 saturated heterocycles. The van der Waals surface area contributed by atoms with E-state index in [-0.39, 0.29) is 0 Å². The van der Waals surface area contributed by atoms with E-state index in [4.69, 9.17) is 6.57 Å². The topological polar surface area (TPSA) is 17.2 Å². The lowest BCUT2D eigenvalue weighted by molar-refractivity contribution is 0.794. The number of rotatable bonds is 3. The molecule has 0 aliphatic heterocycles. The summed E-state index contributed by atoms with van der Waals surface area (Å²) in [6, 6.07) is 54.7. The molecule has 0 N–H and O–H groups in total. The zero-order valence-corrected chi connectivity index (χ0v) is 24.4. The lowest BCUT2D eigenvalue weighted by Gasteiger charge is -2.31. The van der Waals surface area contributed by atoms with Gasteiger partial charge in [0.05, 0.1) is 17.7 Å². The summed E-state index contributed by atoms with van der Waals surface area (Å²) in [4.78, 5) is 8.18. The number of pyridine rings is 1. The highest BCUT2D eigenvalue weighted by Gasteiger charge is 2.51. The minimum absolute atomic E-state index is 0.429. The highest BCUT2D eigenvalue weighted by molar-refractivity contribution is 5.97. The highest BCUT2D eigenvalue weighted by Crippen LogP contribution is 2.63. The first-order valence-corrected chi connectivity index (χ1v) is 15.2. The van der Waals surface area contributed by atoms with Gasteiger partial charge in [-0.05, 0) is 103 Å². The summed E-state index contributed by atoms with van der Waals surface area (Å²) in [5, 5.41) is 0. The van der Waals surface area contributed by atoms with E-state index in [1.54, 1.807) is 12.3 Å². The van der Waals surface area contributed by atoms with Crippen molar-refractivity contribution in [3.8, 4) is 55.8 Å². The van der Waals surface area contributed by atoms with Crippen molar-refractivity contribution in [2.24, 2.45) is 0 Å². The molecule has 1 spiro atoms. The van der Waals surface area contributed by atoms with Crippen LogP contribution in [0, 0.1) is 6.57 Å². The number of benzene rings is 6. The van der Waals surface area contributed by atoms with E-state index in [1.165, 1.54) is 55.6 Å². The van der Waals surface area contributed by atoms with Crippen LogP contribution in [0.25, 0.3) is 60.6 Å². The van der Waals surface area contributed by atoms with E-state index in [0.29, 0.717) is 5.69 Å². The average Bonchev–Trinajstić information content (AvgIpc) is 3.59. The van der Waals surface area contributed by atoms with E-state index >= 15 is 0 Å². The lowest BCUT2D eigenvalue weighted by atomic mass is 9.70. The Labute approximate surface area is 262 Å². The molecule has 1 heterocycles. The standard InChI is InChI=1S/C43H26N2/c1-44-33-22-23-45-42(27-33)32-13-9-12-29(24-32)31-19-21-37-36-20-18-30(28-10-3-2-4-11-28)25-40(36)43(41(37)26-31)38-16-7-5-14-34(38)35-15-6-8-17-39(35)43/h2-27H. The van der Waals surface area contributed by atoms with Gasteiger partial charge in [0.2, 0.25) is 0 Å². The third-order valence-corrected chi connectivity index (χ3v) is 9.56. The van der Waals surface area contributed by atoms with Crippen LogP contribution in [0.15, 0.2) is 158 Å². The van der Waals surface area contributed by atoms with Crippen molar-refractivity contribution in [2.75, 3.05) is 0 Å². The van der Waals surface area contributed by atoms with E-state index in [1.807, 2.05) is 6.07 Å². The third kappa shape index (κ3) is 3.65. The quantitative estimate of drug-likeness (QED) is 0.193. The maximum atomic E-state index is 7.45. The summed E-state index contributed by atoms with van der Waals surface area (Å²) in [5.41, 5.74) is 17.2. The average molecular weight is 571 g/mol. The largest absolute Gasteiger partial charge is 0.259 e. The summed E-state index contributed by atoms with van der Waals surface area (Å²) in [6.45, 7) is 7.45. The number of fused-ring (bicyclic) bond motifs is 10. The summed E-state index contributed by atoms with van der Waals surface area (Å²) >= 11 is 0. The van der Waals surface area contributed by atoms with Crippen molar-refractivity contribution >= 4 is 5.69 Å². The molecule has 45 heavy (non-hydrogen) atoms. The minimum atomic E-state index is -0.429. The van der Waals surface area contributed by atoms with Crippen molar-refractivity contribution in [3.05, 3.63) is 192 Å². The van der Waals surface area contributed by atoms with Crippen LogP contribution in [0.1, 0.15) is 22.3 Å². The molecule has 208 valence electrons. The van der Waals surface area contributed by atoms with Crippen LogP contribution in [0.5, 0.6) is 0 Å². The van der Waals surface area contributed by atoms with Gasteiger partial charge in [-0.2, -0.15) is 0 Å². The van der Waals surface area contributed by atoms with Gasteiger partial charge in [-0.15, -0.1) is 0 Å². The monoisotopic (exact) mass is 570 g/mol. The predicted octanol–water partition coefficient (Wildman–Crippen LogP) is 11.0. The molecule has 2 heteroatoms. The van der Waals surface area contributed by atoms with Crippen molar-refractivity contribution in [1.29, 1.82) is 0 Å². The van der Waals surface area contributed by atoms with Gasteiger partial charge in [0.15, 0.2) is 5.69 Å². The number of aromatic nitrogens is 1. The van der Waals surface area contributed by atoms with Crippen LogP contribution in [-0.4, -0.2) is 4.98 Å². The molecule has 7 aromatic rings. The van der Waals surface area contributed by atoms with Gasteiger partial charge >= 0.3 is 0 Å². The molecular formula is C43H26N2. The first-order chi connectivity index (χ1) is 22.3. The second kappa shape index (κ2) is 9.74. The fourth-order valence-corrected chi connectivity index (χ4v) is 7.63. The van der Waals surface area contributed by atoms with Gasteiger partial charge in [0.1, 0.15) is 0 Å². The zero-order valence-electron chi connectivity index (χ0n) is 24.4. The maximum Gasteiger partial charge on any atom is 0.190 e. The normalized spacial score (nSPS) is 13.0. The molecule has 1 aromatic heterocycles. The molecule has 2 aliphatic carbocycles. The SMILES string of the molecule is [C-]#[N+]c1ccnc(-c2cccc(-c3ccc4c(c3)C3(c5ccccc5-c5ccccc53)c3cc(-c5ccccc5)ccc3-4)c2)c1. The molecule has 0 bridgehead atoms. The minimum Gasteiger partial charge on any atom is -0.259 e. The first kappa shape index (κ1) is 25.5. The van der Waals surface area contributed by atoms with Gasteiger partial charge in [-0.25, -0.2) is 4.85 Å². The Balaban J connectivity index is 1.30. The fraction of sp³-hybridized carbons (Fsp3) is 0.0233. The van der Waals surface area contributed by atoms with Crippen LogP contribution in [0.4, 0.5) is 5.69 Å². The van der Waals surface area contributed by atoms with E-state index in [9.17, 15) is 0 Å². The Morgan fingerprint density at radius 3 is 1.62 bits per heavy atom. The summed E-state index contributed by atoms with van der Waals surface area (Å²) in [7, 11) is 0.